The molecule has 0 saturated carbocycles. The van der Waals surface area contributed by atoms with Crippen LogP contribution in [0, 0.1) is 5.82 Å². The molecule has 1 aliphatic heterocycles. The van der Waals surface area contributed by atoms with Gasteiger partial charge in [0.2, 0.25) is 0 Å². The van der Waals surface area contributed by atoms with Gasteiger partial charge >= 0.3 is 0 Å². The molecule has 0 radical (unpaired) electrons. The number of hydrogen-bond acceptors (Lipinski definition) is 2. The second kappa shape index (κ2) is 5.97. The lowest BCUT2D eigenvalue weighted by Crippen LogP contribution is -2.49. The Balaban J connectivity index is 0.000000606. The maximum atomic E-state index is 13.5. The van der Waals surface area contributed by atoms with Crippen molar-refractivity contribution in [3.8, 4) is 0 Å². The summed E-state index contributed by atoms with van der Waals surface area (Å²) < 4.78 is 18.9. The average molecular weight is 225 g/mol. The van der Waals surface area contributed by atoms with E-state index in [9.17, 15) is 4.39 Å². The minimum atomic E-state index is -0.385. The molecular weight excluding hydrogens is 205 g/mol. The van der Waals surface area contributed by atoms with Crippen molar-refractivity contribution in [2.75, 3.05) is 19.8 Å². The van der Waals surface area contributed by atoms with E-state index in [1.807, 2.05) is 26.8 Å². The first kappa shape index (κ1) is 13.1. The largest absolute Gasteiger partial charge is 0.378 e. The van der Waals surface area contributed by atoms with Crippen LogP contribution in [-0.4, -0.2) is 19.8 Å². The first-order valence-corrected chi connectivity index (χ1v) is 5.80. The van der Waals surface area contributed by atoms with Gasteiger partial charge in [0.1, 0.15) is 5.82 Å². The van der Waals surface area contributed by atoms with Crippen LogP contribution in [0.25, 0.3) is 0 Å². The highest BCUT2D eigenvalue weighted by atomic mass is 19.1. The number of hydrogen-bond donors (Lipinski definition) is 1. The first-order chi connectivity index (χ1) is 7.72. The molecule has 0 aliphatic carbocycles. The second-order valence-electron chi connectivity index (χ2n) is 3.79. The fourth-order valence-corrected chi connectivity index (χ4v) is 1.81. The standard InChI is InChI=1S/C11H14FNO.C2H6/c1-11(8-14-7-6-13-11)9-4-2-3-5-10(9)12;1-2/h2-5,13H,6-8H2,1H3;1-2H3. The zero-order chi connectivity index (χ0) is 12.0. The molecule has 90 valence electrons. The fraction of sp³-hybridized carbons (Fsp3) is 0.538. The van der Waals surface area contributed by atoms with Crippen LogP contribution in [0.5, 0.6) is 0 Å². The van der Waals surface area contributed by atoms with E-state index in [4.69, 9.17) is 4.74 Å². The first-order valence-electron chi connectivity index (χ1n) is 5.80. The van der Waals surface area contributed by atoms with E-state index in [2.05, 4.69) is 5.32 Å². The summed E-state index contributed by atoms with van der Waals surface area (Å²) in [5.41, 5.74) is 0.295. The van der Waals surface area contributed by atoms with Crippen molar-refractivity contribution in [3.05, 3.63) is 35.6 Å². The van der Waals surface area contributed by atoms with E-state index in [-0.39, 0.29) is 11.4 Å². The highest BCUT2D eigenvalue weighted by Crippen LogP contribution is 2.25. The summed E-state index contributed by atoms with van der Waals surface area (Å²) in [6.45, 7) is 7.95. The minimum Gasteiger partial charge on any atom is -0.378 e. The molecule has 1 fully saturated rings. The maximum Gasteiger partial charge on any atom is 0.128 e. The highest BCUT2D eigenvalue weighted by molar-refractivity contribution is 5.26. The van der Waals surface area contributed by atoms with Crippen molar-refractivity contribution >= 4 is 0 Å². The van der Waals surface area contributed by atoms with Gasteiger partial charge in [0, 0.05) is 12.1 Å². The van der Waals surface area contributed by atoms with Crippen LogP contribution in [0.15, 0.2) is 24.3 Å². The molecule has 1 atom stereocenters. The lowest BCUT2D eigenvalue weighted by Gasteiger charge is -2.35. The van der Waals surface area contributed by atoms with Crippen LogP contribution in [0.3, 0.4) is 0 Å². The zero-order valence-corrected chi connectivity index (χ0v) is 10.2. The summed E-state index contributed by atoms with van der Waals surface area (Å²) in [5, 5.41) is 3.29. The summed E-state index contributed by atoms with van der Waals surface area (Å²) in [4.78, 5) is 0. The lowest BCUT2D eigenvalue weighted by molar-refractivity contribution is 0.0323. The molecule has 0 aromatic heterocycles. The Hall–Kier alpha value is -0.930. The van der Waals surface area contributed by atoms with Crippen LogP contribution in [0.4, 0.5) is 4.39 Å². The van der Waals surface area contributed by atoms with Crippen molar-refractivity contribution in [1.82, 2.24) is 5.32 Å². The molecule has 1 aromatic carbocycles. The number of halogens is 1. The second-order valence-corrected chi connectivity index (χ2v) is 3.79. The summed E-state index contributed by atoms with van der Waals surface area (Å²) in [7, 11) is 0. The van der Waals surface area contributed by atoms with Crippen LogP contribution in [-0.2, 0) is 10.3 Å². The third kappa shape index (κ3) is 2.80. The van der Waals surface area contributed by atoms with Crippen LogP contribution in [0.1, 0.15) is 26.3 Å². The Kier molecular flexibility index (Phi) is 4.90. The zero-order valence-electron chi connectivity index (χ0n) is 10.2. The summed E-state index contributed by atoms with van der Waals surface area (Å²) >= 11 is 0. The predicted molar refractivity (Wildman–Crippen MR) is 63.9 cm³/mol. The SMILES string of the molecule is CC.CC1(c2ccccc2F)COCCN1. The molecule has 16 heavy (non-hydrogen) atoms. The van der Waals surface area contributed by atoms with Crippen molar-refractivity contribution in [2.45, 2.75) is 26.3 Å². The minimum absolute atomic E-state index is 0.173. The molecular formula is C13H20FNO. The smallest absolute Gasteiger partial charge is 0.128 e. The quantitative estimate of drug-likeness (QED) is 0.793. The van der Waals surface area contributed by atoms with Gasteiger partial charge in [-0.2, -0.15) is 0 Å². The number of nitrogens with one attached hydrogen (secondary N) is 1. The molecule has 0 bridgehead atoms. The molecule has 3 heteroatoms. The summed E-state index contributed by atoms with van der Waals surface area (Å²) in [6, 6.07) is 6.83. The molecule has 2 nitrogen and oxygen atoms in total. The molecule has 1 N–H and O–H groups in total. The number of benzene rings is 1. The molecule has 0 spiro atoms. The highest BCUT2D eigenvalue weighted by Gasteiger charge is 2.31. The Morgan fingerprint density at radius 2 is 2.00 bits per heavy atom. The van der Waals surface area contributed by atoms with E-state index in [1.54, 1.807) is 12.1 Å². The normalized spacial score (nSPS) is 24.5. The van der Waals surface area contributed by atoms with Crippen molar-refractivity contribution in [1.29, 1.82) is 0 Å². The topological polar surface area (TPSA) is 21.3 Å². The Morgan fingerprint density at radius 3 is 2.56 bits per heavy atom. The van der Waals surface area contributed by atoms with Crippen LogP contribution >= 0.6 is 0 Å². The van der Waals surface area contributed by atoms with E-state index in [0.717, 1.165) is 6.54 Å². The third-order valence-electron chi connectivity index (χ3n) is 2.62. The molecule has 1 aromatic rings. The Morgan fingerprint density at radius 1 is 1.31 bits per heavy atom. The van der Waals surface area contributed by atoms with Gasteiger partial charge in [-0.05, 0) is 13.0 Å². The molecule has 2 rings (SSSR count). The van der Waals surface area contributed by atoms with Gasteiger partial charge in [0.25, 0.3) is 0 Å². The summed E-state index contributed by atoms with van der Waals surface area (Å²) in [6.07, 6.45) is 0. The maximum absolute atomic E-state index is 13.5. The van der Waals surface area contributed by atoms with Gasteiger partial charge in [-0.25, -0.2) is 4.39 Å². The van der Waals surface area contributed by atoms with Crippen LogP contribution in [0.2, 0.25) is 0 Å². The number of ether oxygens (including phenoxy) is 1. The number of rotatable bonds is 1. The molecule has 0 amide bonds. The van der Waals surface area contributed by atoms with Crippen molar-refractivity contribution in [2.24, 2.45) is 0 Å². The molecule has 1 heterocycles. The van der Waals surface area contributed by atoms with Gasteiger partial charge in [-0.3, -0.25) is 0 Å². The van der Waals surface area contributed by atoms with Gasteiger partial charge in [-0.15, -0.1) is 0 Å². The number of morpholine rings is 1. The third-order valence-corrected chi connectivity index (χ3v) is 2.62. The molecule has 1 saturated heterocycles. The van der Waals surface area contributed by atoms with E-state index in [0.29, 0.717) is 18.8 Å². The van der Waals surface area contributed by atoms with Gasteiger partial charge < -0.3 is 10.1 Å². The van der Waals surface area contributed by atoms with E-state index >= 15 is 0 Å². The van der Waals surface area contributed by atoms with Crippen molar-refractivity contribution in [3.63, 3.8) is 0 Å². The summed E-state index contributed by atoms with van der Waals surface area (Å²) in [5.74, 6) is -0.173. The monoisotopic (exact) mass is 225 g/mol. The van der Waals surface area contributed by atoms with Gasteiger partial charge in [0.05, 0.1) is 18.8 Å². The Labute approximate surface area is 96.8 Å². The molecule has 1 unspecified atom stereocenters. The Bertz CT molecular complexity index is 321. The van der Waals surface area contributed by atoms with E-state index in [1.165, 1.54) is 6.07 Å². The van der Waals surface area contributed by atoms with Crippen molar-refractivity contribution < 1.29 is 9.13 Å². The van der Waals surface area contributed by atoms with Crippen LogP contribution < -0.4 is 5.32 Å². The van der Waals surface area contributed by atoms with E-state index < -0.39 is 0 Å². The average Bonchev–Trinajstić information content (AvgIpc) is 2.33. The lowest BCUT2D eigenvalue weighted by atomic mass is 9.91. The van der Waals surface area contributed by atoms with Gasteiger partial charge in [-0.1, -0.05) is 32.0 Å². The molecule has 1 aliphatic rings. The predicted octanol–water partition coefficient (Wildman–Crippen LogP) is 2.69. The fourth-order valence-electron chi connectivity index (χ4n) is 1.81. The van der Waals surface area contributed by atoms with Gasteiger partial charge in [0.15, 0.2) is 0 Å².